The Morgan fingerprint density at radius 3 is 2.71 bits per heavy atom. The van der Waals surface area contributed by atoms with Crippen molar-refractivity contribution in [2.75, 3.05) is 0 Å². The van der Waals surface area contributed by atoms with Gasteiger partial charge in [0.15, 0.2) is 0 Å². The maximum Gasteiger partial charge on any atom is 0.240 e. The maximum absolute atomic E-state index is 11.6. The molecule has 3 N–H and O–H groups in total. The van der Waals surface area contributed by atoms with E-state index in [1.54, 1.807) is 11.3 Å². The monoisotopic (exact) mass is 252 g/mol. The molecule has 17 heavy (non-hydrogen) atoms. The average Bonchev–Trinajstić information content (AvgIpc) is 2.73. The largest absolute Gasteiger partial charge is 0.368 e. The molecule has 1 amide bonds. The third-order valence-corrected chi connectivity index (χ3v) is 4.54. The highest BCUT2D eigenvalue weighted by Gasteiger charge is 2.25. The first kappa shape index (κ1) is 12.6. The number of nitrogens with two attached hydrogens (primary N) is 1. The zero-order valence-electron chi connectivity index (χ0n) is 10.2. The van der Waals surface area contributed by atoms with Crippen LogP contribution in [0, 0.1) is 6.92 Å². The van der Waals surface area contributed by atoms with Gasteiger partial charge in [0.1, 0.15) is 6.04 Å². The third kappa shape index (κ3) is 3.07. The average molecular weight is 252 g/mol. The van der Waals surface area contributed by atoms with Gasteiger partial charge in [-0.25, -0.2) is 0 Å². The van der Waals surface area contributed by atoms with Crippen molar-refractivity contribution in [2.45, 2.75) is 51.1 Å². The van der Waals surface area contributed by atoms with Crippen LogP contribution in [-0.4, -0.2) is 11.9 Å². The molecule has 0 aliphatic heterocycles. The van der Waals surface area contributed by atoms with E-state index < -0.39 is 0 Å². The van der Waals surface area contributed by atoms with E-state index in [-0.39, 0.29) is 11.9 Å². The molecule has 1 aliphatic carbocycles. The van der Waals surface area contributed by atoms with E-state index in [0.29, 0.717) is 6.04 Å². The Kier molecular flexibility index (Phi) is 4.18. The Morgan fingerprint density at radius 1 is 1.47 bits per heavy atom. The molecule has 1 atom stereocenters. The number of carbonyl (C=O) groups is 1. The molecule has 0 saturated heterocycles. The molecule has 1 fully saturated rings. The Bertz CT molecular complexity index is 383. The lowest BCUT2D eigenvalue weighted by atomic mass is 9.94. The molecule has 4 heteroatoms. The predicted octanol–water partition coefficient (Wildman–Crippen LogP) is 2.51. The normalized spacial score (nSPS) is 19.1. The second kappa shape index (κ2) is 5.65. The van der Waals surface area contributed by atoms with Crippen molar-refractivity contribution in [1.29, 1.82) is 0 Å². The SMILES string of the molecule is Cc1ccsc1C(NC1CCCCC1)C(N)=O. The van der Waals surface area contributed by atoms with Crippen molar-refractivity contribution in [2.24, 2.45) is 5.73 Å². The summed E-state index contributed by atoms with van der Waals surface area (Å²) < 4.78 is 0. The van der Waals surface area contributed by atoms with E-state index in [1.165, 1.54) is 19.3 Å². The second-order valence-electron chi connectivity index (χ2n) is 4.80. The molecule has 0 aromatic carbocycles. The van der Waals surface area contributed by atoms with Crippen LogP contribution in [0.25, 0.3) is 0 Å². The first-order valence-corrected chi connectivity index (χ1v) is 7.16. The fraction of sp³-hybridized carbons (Fsp3) is 0.615. The van der Waals surface area contributed by atoms with E-state index in [9.17, 15) is 4.79 Å². The van der Waals surface area contributed by atoms with Crippen LogP contribution in [-0.2, 0) is 4.79 Å². The van der Waals surface area contributed by atoms with Gasteiger partial charge >= 0.3 is 0 Å². The number of aryl methyl sites for hydroxylation is 1. The van der Waals surface area contributed by atoms with Crippen LogP contribution >= 0.6 is 11.3 Å². The standard InChI is InChI=1S/C13H20N2OS/c1-9-7-8-17-12(9)11(13(14)16)15-10-5-3-2-4-6-10/h7-8,10-11,15H,2-6H2,1H3,(H2,14,16). The number of hydrogen-bond donors (Lipinski definition) is 2. The molecule has 1 saturated carbocycles. The van der Waals surface area contributed by atoms with Gasteiger partial charge in [-0.05, 0) is 36.8 Å². The van der Waals surface area contributed by atoms with Crippen LogP contribution in [0.15, 0.2) is 11.4 Å². The molecule has 0 spiro atoms. The van der Waals surface area contributed by atoms with Crippen molar-refractivity contribution in [3.8, 4) is 0 Å². The van der Waals surface area contributed by atoms with Gasteiger partial charge in [-0.15, -0.1) is 11.3 Å². The molecular weight excluding hydrogens is 232 g/mol. The zero-order valence-corrected chi connectivity index (χ0v) is 11.1. The number of hydrogen-bond acceptors (Lipinski definition) is 3. The van der Waals surface area contributed by atoms with Gasteiger partial charge in [-0.2, -0.15) is 0 Å². The molecule has 1 aromatic heterocycles. The van der Waals surface area contributed by atoms with Crippen molar-refractivity contribution < 1.29 is 4.79 Å². The number of nitrogens with one attached hydrogen (secondary N) is 1. The summed E-state index contributed by atoms with van der Waals surface area (Å²) in [7, 11) is 0. The van der Waals surface area contributed by atoms with Crippen LogP contribution in [0.3, 0.4) is 0 Å². The summed E-state index contributed by atoms with van der Waals surface area (Å²) in [4.78, 5) is 12.7. The summed E-state index contributed by atoms with van der Waals surface area (Å²) in [5, 5.41) is 5.45. The molecule has 2 rings (SSSR count). The van der Waals surface area contributed by atoms with Crippen LogP contribution in [0.4, 0.5) is 0 Å². The van der Waals surface area contributed by atoms with Gasteiger partial charge in [-0.1, -0.05) is 19.3 Å². The molecule has 3 nitrogen and oxygen atoms in total. The lowest BCUT2D eigenvalue weighted by Crippen LogP contribution is -2.40. The smallest absolute Gasteiger partial charge is 0.240 e. The minimum Gasteiger partial charge on any atom is -0.368 e. The van der Waals surface area contributed by atoms with Gasteiger partial charge in [0.05, 0.1) is 0 Å². The number of primary amides is 1. The minimum atomic E-state index is -0.307. The summed E-state index contributed by atoms with van der Waals surface area (Å²) >= 11 is 1.61. The number of rotatable bonds is 4. The van der Waals surface area contributed by atoms with Crippen LogP contribution in [0.1, 0.15) is 48.6 Å². The molecule has 1 heterocycles. The lowest BCUT2D eigenvalue weighted by Gasteiger charge is -2.26. The summed E-state index contributed by atoms with van der Waals surface area (Å²) in [6.45, 7) is 2.03. The molecule has 1 aromatic rings. The quantitative estimate of drug-likeness (QED) is 0.865. The molecule has 0 radical (unpaired) electrons. The topological polar surface area (TPSA) is 55.1 Å². The third-order valence-electron chi connectivity index (χ3n) is 3.46. The number of carbonyl (C=O) groups excluding carboxylic acids is 1. The van der Waals surface area contributed by atoms with Crippen molar-refractivity contribution >= 4 is 17.2 Å². The van der Waals surface area contributed by atoms with E-state index >= 15 is 0 Å². The summed E-state index contributed by atoms with van der Waals surface area (Å²) in [6, 6.07) is 2.18. The molecule has 0 bridgehead atoms. The fourth-order valence-electron chi connectivity index (χ4n) is 2.47. The van der Waals surface area contributed by atoms with Crippen LogP contribution < -0.4 is 11.1 Å². The van der Waals surface area contributed by atoms with Gasteiger partial charge in [0.25, 0.3) is 0 Å². The zero-order chi connectivity index (χ0) is 12.3. The number of amides is 1. The first-order valence-electron chi connectivity index (χ1n) is 6.28. The van der Waals surface area contributed by atoms with Crippen LogP contribution in [0.2, 0.25) is 0 Å². The maximum atomic E-state index is 11.6. The van der Waals surface area contributed by atoms with Gasteiger partial charge < -0.3 is 5.73 Å². The predicted molar refractivity (Wildman–Crippen MR) is 71.0 cm³/mol. The van der Waals surface area contributed by atoms with Gasteiger partial charge in [-0.3, -0.25) is 10.1 Å². The van der Waals surface area contributed by atoms with Gasteiger partial charge in [0.2, 0.25) is 5.91 Å². The highest BCUT2D eigenvalue weighted by Crippen LogP contribution is 2.26. The summed E-state index contributed by atoms with van der Waals surface area (Å²) in [5.74, 6) is -0.263. The van der Waals surface area contributed by atoms with E-state index in [1.807, 2.05) is 18.4 Å². The Hall–Kier alpha value is -0.870. The lowest BCUT2D eigenvalue weighted by molar-refractivity contribution is -0.120. The fourth-order valence-corrected chi connectivity index (χ4v) is 3.47. The summed E-state index contributed by atoms with van der Waals surface area (Å²) in [6.07, 6.45) is 6.15. The molecular formula is C13H20N2OS. The van der Waals surface area contributed by atoms with E-state index in [0.717, 1.165) is 23.3 Å². The second-order valence-corrected chi connectivity index (χ2v) is 5.75. The highest BCUT2D eigenvalue weighted by molar-refractivity contribution is 7.10. The van der Waals surface area contributed by atoms with Crippen LogP contribution in [0.5, 0.6) is 0 Å². The Morgan fingerprint density at radius 2 is 2.18 bits per heavy atom. The van der Waals surface area contributed by atoms with Crippen molar-refractivity contribution in [1.82, 2.24) is 5.32 Å². The summed E-state index contributed by atoms with van der Waals surface area (Å²) in [5.41, 5.74) is 6.67. The Labute approximate surface area is 106 Å². The van der Waals surface area contributed by atoms with E-state index in [2.05, 4.69) is 5.32 Å². The van der Waals surface area contributed by atoms with Gasteiger partial charge in [0, 0.05) is 10.9 Å². The van der Waals surface area contributed by atoms with E-state index in [4.69, 9.17) is 5.73 Å². The molecule has 1 unspecified atom stereocenters. The molecule has 1 aliphatic rings. The highest BCUT2D eigenvalue weighted by atomic mass is 32.1. The Balaban J connectivity index is 2.07. The first-order chi connectivity index (χ1) is 8.18. The van der Waals surface area contributed by atoms with Crippen molar-refractivity contribution in [3.63, 3.8) is 0 Å². The molecule has 94 valence electrons. The number of thiophene rings is 1. The minimum absolute atomic E-state index is 0.263. The van der Waals surface area contributed by atoms with Crippen molar-refractivity contribution in [3.05, 3.63) is 21.9 Å².